The van der Waals surface area contributed by atoms with Crippen molar-refractivity contribution in [1.29, 1.82) is 0 Å². The molecule has 1 saturated heterocycles. The van der Waals surface area contributed by atoms with Crippen LogP contribution in [0.4, 0.5) is 0 Å². The number of aliphatic carboxylic acids is 1. The minimum atomic E-state index is -0.789. The maximum absolute atomic E-state index is 10.5. The van der Waals surface area contributed by atoms with Gasteiger partial charge in [0.15, 0.2) is 0 Å². The van der Waals surface area contributed by atoms with Crippen LogP contribution in [0, 0.1) is 5.92 Å². The minimum absolute atomic E-state index is 0.0982. The molecule has 0 amide bonds. The minimum Gasteiger partial charge on any atom is -0.478 e. The Morgan fingerprint density at radius 2 is 2.55 bits per heavy atom. The molecule has 2 rings (SSSR count). The molecule has 3 heteroatoms. The van der Waals surface area contributed by atoms with Crippen LogP contribution >= 0.6 is 0 Å². The van der Waals surface area contributed by atoms with E-state index in [4.69, 9.17) is 9.84 Å². The molecule has 1 fully saturated rings. The molecular formula is C8H10O3. The quantitative estimate of drug-likeness (QED) is 0.607. The monoisotopic (exact) mass is 154 g/mol. The van der Waals surface area contributed by atoms with Crippen LogP contribution in [0.2, 0.25) is 0 Å². The van der Waals surface area contributed by atoms with E-state index in [2.05, 4.69) is 0 Å². The number of ether oxygens (including phenoxy) is 1. The highest BCUT2D eigenvalue weighted by atomic mass is 16.5. The molecule has 1 aliphatic heterocycles. The molecule has 1 aliphatic carbocycles. The standard InChI is InChI=1S/C8H10O3/c9-8(10)6-3-5-1-2-11-7(5)4-6/h4-5,7H,1-3H2,(H,9,10). The summed E-state index contributed by atoms with van der Waals surface area (Å²) in [6.07, 6.45) is 3.55. The lowest BCUT2D eigenvalue weighted by Crippen LogP contribution is -2.06. The van der Waals surface area contributed by atoms with Crippen LogP contribution in [0.3, 0.4) is 0 Å². The summed E-state index contributed by atoms with van der Waals surface area (Å²) >= 11 is 0. The summed E-state index contributed by atoms with van der Waals surface area (Å²) in [4.78, 5) is 10.5. The van der Waals surface area contributed by atoms with E-state index in [0.717, 1.165) is 13.0 Å². The first-order valence-electron chi connectivity index (χ1n) is 3.83. The van der Waals surface area contributed by atoms with Crippen LogP contribution in [0.25, 0.3) is 0 Å². The number of rotatable bonds is 1. The number of fused-ring (bicyclic) bond motifs is 1. The first kappa shape index (κ1) is 6.85. The molecule has 2 atom stereocenters. The summed E-state index contributed by atoms with van der Waals surface area (Å²) in [5.74, 6) is -0.343. The zero-order chi connectivity index (χ0) is 7.84. The molecule has 1 N–H and O–H groups in total. The van der Waals surface area contributed by atoms with E-state index in [1.54, 1.807) is 6.08 Å². The first-order valence-corrected chi connectivity index (χ1v) is 3.83. The van der Waals surface area contributed by atoms with Gasteiger partial charge in [0.2, 0.25) is 0 Å². The Kier molecular flexibility index (Phi) is 1.46. The Morgan fingerprint density at radius 3 is 3.18 bits per heavy atom. The van der Waals surface area contributed by atoms with Gasteiger partial charge >= 0.3 is 5.97 Å². The third-order valence-corrected chi connectivity index (χ3v) is 2.39. The molecule has 1 heterocycles. The van der Waals surface area contributed by atoms with Crippen molar-refractivity contribution in [3.63, 3.8) is 0 Å². The largest absolute Gasteiger partial charge is 0.478 e. The third-order valence-electron chi connectivity index (χ3n) is 2.39. The first-order chi connectivity index (χ1) is 5.27. The highest BCUT2D eigenvalue weighted by molar-refractivity contribution is 5.87. The second-order valence-electron chi connectivity index (χ2n) is 3.09. The van der Waals surface area contributed by atoms with Gasteiger partial charge in [0.1, 0.15) is 0 Å². The van der Waals surface area contributed by atoms with Gasteiger partial charge < -0.3 is 9.84 Å². The lowest BCUT2D eigenvalue weighted by Gasteiger charge is -2.03. The van der Waals surface area contributed by atoms with E-state index in [1.165, 1.54) is 0 Å². The summed E-state index contributed by atoms with van der Waals surface area (Å²) in [6.45, 7) is 0.790. The van der Waals surface area contributed by atoms with Crippen LogP contribution in [0.15, 0.2) is 11.6 Å². The predicted octanol–water partition coefficient (Wildman–Crippen LogP) is 0.806. The van der Waals surface area contributed by atoms with E-state index in [9.17, 15) is 4.79 Å². The topological polar surface area (TPSA) is 46.5 Å². The summed E-state index contributed by atoms with van der Waals surface area (Å²) in [7, 11) is 0. The van der Waals surface area contributed by atoms with E-state index < -0.39 is 5.97 Å². The van der Waals surface area contributed by atoms with Gasteiger partial charge in [-0.1, -0.05) is 0 Å². The normalized spacial score (nSPS) is 35.1. The summed E-state index contributed by atoms with van der Waals surface area (Å²) in [5.41, 5.74) is 0.528. The Hall–Kier alpha value is -0.830. The van der Waals surface area contributed by atoms with Crippen molar-refractivity contribution in [2.75, 3.05) is 6.61 Å². The van der Waals surface area contributed by atoms with Crippen LogP contribution in [0.1, 0.15) is 12.8 Å². The SMILES string of the molecule is O=C(O)C1=CC2OCCC2C1. The molecule has 60 valence electrons. The number of hydrogen-bond acceptors (Lipinski definition) is 2. The molecule has 0 aromatic carbocycles. The highest BCUT2D eigenvalue weighted by Crippen LogP contribution is 2.34. The van der Waals surface area contributed by atoms with Crippen molar-refractivity contribution < 1.29 is 14.6 Å². The maximum Gasteiger partial charge on any atom is 0.331 e. The molecule has 0 spiro atoms. The zero-order valence-electron chi connectivity index (χ0n) is 6.12. The molecule has 2 aliphatic rings. The molecule has 0 aromatic rings. The van der Waals surface area contributed by atoms with Crippen molar-refractivity contribution in [2.45, 2.75) is 18.9 Å². The fraction of sp³-hybridized carbons (Fsp3) is 0.625. The molecule has 3 nitrogen and oxygen atoms in total. The molecular weight excluding hydrogens is 144 g/mol. The average Bonchev–Trinajstić information content (AvgIpc) is 2.40. The van der Waals surface area contributed by atoms with Gasteiger partial charge in [-0.25, -0.2) is 4.79 Å². The Morgan fingerprint density at radius 1 is 1.73 bits per heavy atom. The zero-order valence-corrected chi connectivity index (χ0v) is 6.12. The second-order valence-corrected chi connectivity index (χ2v) is 3.09. The third kappa shape index (κ3) is 1.05. The van der Waals surface area contributed by atoms with Crippen LogP contribution < -0.4 is 0 Å². The summed E-state index contributed by atoms with van der Waals surface area (Å²) < 4.78 is 5.32. The van der Waals surface area contributed by atoms with Gasteiger partial charge in [0.25, 0.3) is 0 Å². The van der Waals surface area contributed by atoms with E-state index >= 15 is 0 Å². The van der Waals surface area contributed by atoms with Gasteiger partial charge in [0.05, 0.1) is 6.10 Å². The van der Waals surface area contributed by atoms with Crippen molar-refractivity contribution >= 4 is 5.97 Å². The van der Waals surface area contributed by atoms with Crippen molar-refractivity contribution in [3.8, 4) is 0 Å². The van der Waals surface area contributed by atoms with Crippen molar-refractivity contribution in [1.82, 2.24) is 0 Å². The maximum atomic E-state index is 10.5. The molecule has 0 aromatic heterocycles. The number of hydrogen-bond donors (Lipinski definition) is 1. The van der Waals surface area contributed by atoms with Crippen LogP contribution in [0.5, 0.6) is 0 Å². The molecule has 0 radical (unpaired) electrons. The molecule has 0 saturated carbocycles. The van der Waals surface area contributed by atoms with Gasteiger partial charge in [-0.15, -0.1) is 0 Å². The number of carbonyl (C=O) groups is 1. The van der Waals surface area contributed by atoms with Gasteiger partial charge in [-0.3, -0.25) is 0 Å². The fourth-order valence-corrected chi connectivity index (χ4v) is 1.77. The average molecular weight is 154 g/mol. The predicted molar refractivity (Wildman–Crippen MR) is 38.2 cm³/mol. The lowest BCUT2D eigenvalue weighted by molar-refractivity contribution is -0.132. The molecule has 11 heavy (non-hydrogen) atoms. The van der Waals surface area contributed by atoms with Crippen molar-refractivity contribution in [2.24, 2.45) is 5.92 Å². The summed E-state index contributed by atoms with van der Waals surface area (Å²) in [5, 5.41) is 8.64. The molecule has 2 unspecified atom stereocenters. The Bertz CT molecular complexity index is 219. The smallest absolute Gasteiger partial charge is 0.331 e. The fourth-order valence-electron chi connectivity index (χ4n) is 1.77. The van der Waals surface area contributed by atoms with Crippen LogP contribution in [-0.4, -0.2) is 23.8 Å². The van der Waals surface area contributed by atoms with E-state index in [0.29, 0.717) is 17.9 Å². The second kappa shape index (κ2) is 2.34. The van der Waals surface area contributed by atoms with E-state index in [-0.39, 0.29) is 6.10 Å². The van der Waals surface area contributed by atoms with Gasteiger partial charge in [-0.2, -0.15) is 0 Å². The van der Waals surface area contributed by atoms with Crippen molar-refractivity contribution in [3.05, 3.63) is 11.6 Å². The van der Waals surface area contributed by atoms with Crippen LogP contribution in [-0.2, 0) is 9.53 Å². The summed E-state index contributed by atoms with van der Waals surface area (Å²) in [6, 6.07) is 0. The van der Waals surface area contributed by atoms with Gasteiger partial charge in [-0.05, 0) is 24.8 Å². The number of carboxylic acids is 1. The molecule has 0 bridgehead atoms. The van der Waals surface area contributed by atoms with Gasteiger partial charge in [0, 0.05) is 12.2 Å². The van der Waals surface area contributed by atoms with E-state index in [1.807, 2.05) is 0 Å². The highest BCUT2D eigenvalue weighted by Gasteiger charge is 2.34. The number of carboxylic acid groups (broad SMARTS) is 1. The Labute approximate surface area is 64.7 Å². The Balaban J connectivity index is 2.13. The lowest BCUT2D eigenvalue weighted by atomic mass is 10.0.